The van der Waals surface area contributed by atoms with E-state index < -0.39 is 13.9 Å². The predicted octanol–water partition coefficient (Wildman–Crippen LogP) is 3.43. The first kappa shape index (κ1) is 11.3. The molecule has 0 spiro atoms. The molecule has 68 valence electrons. The van der Waals surface area contributed by atoms with Crippen molar-refractivity contribution in [1.82, 2.24) is 0 Å². The van der Waals surface area contributed by atoms with Gasteiger partial charge in [-0.15, -0.1) is 11.6 Å². The summed E-state index contributed by atoms with van der Waals surface area (Å²) in [7, 11) is -3.01. The first-order chi connectivity index (χ1) is 4.81. The van der Waals surface area contributed by atoms with E-state index in [0.717, 1.165) is 0 Å². The van der Waals surface area contributed by atoms with Crippen LogP contribution in [0.4, 0.5) is 13.2 Å². The van der Waals surface area contributed by atoms with E-state index in [1.807, 2.05) is 0 Å². The van der Waals surface area contributed by atoms with Crippen LogP contribution in [0.2, 0.25) is 19.1 Å². The van der Waals surface area contributed by atoms with Gasteiger partial charge in [-0.1, -0.05) is 13.1 Å². The summed E-state index contributed by atoms with van der Waals surface area (Å²) < 4.78 is 36.5. The van der Waals surface area contributed by atoms with Crippen molar-refractivity contribution in [3.05, 3.63) is 0 Å². The summed E-state index contributed by atoms with van der Waals surface area (Å²) >= 11 is 5.31. The molecular weight excluding hydrogens is 193 g/mol. The van der Waals surface area contributed by atoms with Crippen LogP contribution in [0.15, 0.2) is 0 Å². The number of hydrogen-bond donors (Lipinski definition) is 0. The Balaban J connectivity index is 4.00. The Morgan fingerprint density at radius 1 is 1.27 bits per heavy atom. The molecule has 0 nitrogen and oxygen atoms in total. The third-order valence-corrected chi connectivity index (χ3v) is 5.11. The molecular formula is C6H12ClF3Si. The Morgan fingerprint density at radius 3 is 2.00 bits per heavy atom. The highest BCUT2D eigenvalue weighted by atomic mass is 35.5. The van der Waals surface area contributed by atoms with Gasteiger partial charge in [0.25, 0.3) is 0 Å². The molecule has 0 aliphatic heterocycles. The van der Waals surface area contributed by atoms with E-state index in [9.17, 15) is 13.2 Å². The van der Waals surface area contributed by atoms with Gasteiger partial charge in [-0.2, -0.15) is 13.2 Å². The molecule has 0 amide bonds. The Hall–Kier alpha value is 0.297. The molecule has 0 bridgehead atoms. The average Bonchev–Trinajstić information content (AvgIpc) is 1.81. The van der Waals surface area contributed by atoms with Crippen LogP contribution in [0.25, 0.3) is 0 Å². The minimum atomic E-state index is -3.97. The quantitative estimate of drug-likeness (QED) is 0.488. The number of halogens is 4. The van der Waals surface area contributed by atoms with E-state index in [0.29, 0.717) is 12.3 Å². The average molecular weight is 205 g/mol. The molecule has 0 saturated heterocycles. The SMILES string of the molecule is C[Si](C)(CCCCl)C(F)(F)F. The fourth-order valence-corrected chi connectivity index (χ4v) is 2.35. The molecule has 0 heterocycles. The van der Waals surface area contributed by atoms with Crippen LogP contribution in [0, 0.1) is 0 Å². The first-order valence-corrected chi connectivity index (χ1v) is 7.18. The molecule has 0 unspecified atom stereocenters. The predicted molar refractivity (Wildman–Crippen MR) is 43.7 cm³/mol. The van der Waals surface area contributed by atoms with Gasteiger partial charge in [0, 0.05) is 5.88 Å². The van der Waals surface area contributed by atoms with E-state index in [-0.39, 0.29) is 6.04 Å². The van der Waals surface area contributed by atoms with Crippen molar-refractivity contribution in [2.75, 3.05) is 5.88 Å². The summed E-state index contributed by atoms with van der Waals surface area (Å²) in [6.45, 7) is 2.67. The molecule has 0 atom stereocenters. The number of alkyl halides is 4. The fraction of sp³-hybridized carbons (Fsp3) is 1.00. The number of hydrogen-bond acceptors (Lipinski definition) is 0. The highest BCUT2D eigenvalue weighted by molar-refractivity contribution is 6.79. The Bertz CT molecular complexity index is 121. The zero-order valence-electron chi connectivity index (χ0n) is 6.63. The third-order valence-electron chi connectivity index (χ3n) is 1.70. The third kappa shape index (κ3) is 3.47. The highest BCUT2D eigenvalue weighted by Gasteiger charge is 2.48. The molecule has 0 aliphatic carbocycles. The second-order valence-electron chi connectivity index (χ2n) is 3.17. The van der Waals surface area contributed by atoms with Crippen LogP contribution in [0.5, 0.6) is 0 Å². The summed E-state index contributed by atoms with van der Waals surface area (Å²) in [5, 5.41) is 0. The summed E-state index contributed by atoms with van der Waals surface area (Å²) in [4.78, 5) is 0. The van der Waals surface area contributed by atoms with Crippen molar-refractivity contribution in [3.63, 3.8) is 0 Å². The zero-order chi connectivity index (χ0) is 9.12. The van der Waals surface area contributed by atoms with Gasteiger partial charge in [0.1, 0.15) is 0 Å². The van der Waals surface area contributed by atoms with Crippen molar-refractivity contribution < 1.29 is 13.2 Å². The molecule has 0 aromatic heterocycles. The molecule has 0 rings (SSSR count). The lowest BCUT2D eigenvalue weighted by atomic mass is 10.6. The van der Waals surface area contributed by atoms with Crippen molar-refractivity contribution in [2.24, 2.45) is 0 Å². The van der Waals surface area contributed by atoms with Crippen molar-refractivity contribution >= 4 is 19.7 Å². The van der Waals surface area contributed by atoms with Crippen molar-refractivity contribution in [2.45, 2.75) is 31.4 Å². The lowest BCUT2D eigenvalue weighted by Crippen LogP contribution is -2.44. The van der Waals surface area contributed by atoms with Crippen molar-refractivity contribution in [3.8, 4) is 0 Å². The van der Waals surface area contributed by atoms with Gasteiger partial charge in [-0.25, -0.2) is 0 Å². The first-order valence-electron chi connectivity index (χ1n) is 3.44. The normalized spacial score (nSPS) is 13.6. The van der Waals surface area contributed by atoms with Crippen LogP contribution in [0.1, 0.15) is 6.42 Å². The van der Waals surface area contributed by atoms with E-state index in [1.165, 1.54) is 13.1 Å². The summed E-state index contributed by atoms with van der Waals surface area (Å²) in [5.74, 6) is -3.65. The Kier molecular flexibility index (Phi) is 3.91. The van der Waals surface area contributed by atoms with Gasteiger partial charge in [-0.3, -0.25) is 0 Å². The monoisotopic (exact) mass is 204 g/mol. The van der Waals surface area contributed by atoms with E-state index >= 15 is 0 Å². The standard InChI is InChI=1S/C6H12ClF3Si/c1-11(2,5-3-4-7)6(8,9)10/h3-5H2,1-2H3. The van der Waals surface area contributed by atoms with Gasteiger partial charge >= 0.3 is 5.80 Å². The van der Waals surface area contributed by atoms with Gasteiger partial charge in [0.15, 0.2) is 8.07 Å². The number of rotatable bonds is 3. The van der Waals surface area contributed by atoms with E-state index in [2.05, 4.69) is 0 Å². The molecule has 0 radical (unpaired) electrons. The molecule has 0 aromatic rings. The molecule has 5 heteroatoms. The van der Waals surface area contributed by atoms with Gasteiger partial charge in [-0.05, 0) is 12.5 Å². The minimum absolute atomic E-state index is 0.236. The zero-order valence-corrected chi connectivity index (χ0v) is 8.39. The molecule has 0 aliphatic rings. The molecule has 11 heavy (non-hydrogen) atoms. The minimum Gasteiger partial charge on any atom is -0.177 e. The maximum atomic E-state index is 12.2. The van der Waals surface area contributed by atoms with Gasteiger partial charge in [0.05, 0.1) is 0 Å². The van der Waals surface area contributed by atoms with Gasteiger partial charge in [0.2, 0.25) is 0 Å². The van der Waals surface area contributed by atoms with E-state index in [1.54, 1.807) is 0 Å². The van der Waals surface area contributed by atoms with Crippen LogP contribution in [0.3, 0.4) is 0 Å². The Morgan fingerprint density at radius 2 is 1.73 bits per heavy atom. The summed E-state index contributed by atoms with van der Waals surface area (Å²) in [6, 6.07) is 0.236. The lowest BCUT2D eigenvalue weighted by molar-refractivity contribution is -0.0562. The molecule has 0 fully saturated rings. The smallest absolute Gasteiger partial charge is 0.177 e. The molecule has 0 aromatic carbocycles. The second-order valence-corrected chi connectivity index (χ2v) is 8.39. The lowest BCUT2D eigenvalue weighted by Gasteiger charge is -2.24. The van der Waals surface area contributed by atoms with Crippen molar-refractivity contribution in [1.29, 1.82) is 0 Å². The molecule has 0 N–H and O–H groups in total. The van der Waals surface area contributed by atoms with Gasteiger partial charge < -0.3 is 0 Å². The maximum absolute atomic E-state index is 12.2. The van der Waals surface area contributed by atoms with Crippen LogP contribution >= 0.6 is 11.6 Å². The van der Waals surface area contributed by atoms with Crippen LogP contribution < -0.4 is 0 Å². The second kappa shape index (κ2) is 3.80. The summed E-state index contributed by atoms with van der Waals surface area (Å²) in [6.07, 6.45) is 0.473. The summed E-state index contributed by atoms with van der Waals surface area (Å²) in [5.41, 5.74) is 0. The maximum Gasteiger partial charge on any atom is 0.361 e. The van der Waals surface area contributed by atoms with Crippen LogP contribution in [-0.4, -0.2) is 19.8 Å². The highest BCUT2D eigenvalue weighted by Crippen LogP contribution is 2.32. The van der Waals surface area contributed by atoms with E-state index in [4.69, 9.17) is 11.6 Å². The molecule has 0 saturated carbocycles. The Labute approximate surface area is 70.7 Å². The fourth-order valence-electron chi connectivity index (χ4n) is 0.650. The largest absolute Gasteiger partial charge is 0.361 e. The topological polar surface area (TPSA) is 0 Å². The van der Waals surface area contributed by atoms with Crippen LogP contribution in [-0.2, 0) is 0 Å².